The highest BCUT2D eigenvalue weighted by molar-refractivity contribution is 7.99. The molecule has 1 fully saturated rings. The van der Waals surface area contributed by atoms with Crippen molar-refractivity contribution in [3.8, 4) is 0 Å². The smallest absolute Gasteiger partial charge is 0.328 e. The van der Waals surface area contributed by atoms with E-state index in [1.807, 2.05) is 11.8 Å². The van der Waals surface area contributed by atoms with Crippen LogP contribution >= 0.6 is 60.5 Å². The summed E-state index contributed by atoms with van der Waals surface area (Å²) < 4.78 is 5.83. The molecule has 5 aromatic heterocycles. The van der Waals surface area contributed by atoms with Crippen molar-refractivity contribution in [1.29, 1.82) is 0 Å². The van der Waals surface area contributed by atoms with Crippen molar-refractivity contribution < 1.29 is 24.0 Å². The average molecular weight is 1350 g/mol. The number of amides is 5. The number of carbonyl (C=O) groups excluding carboxylic acids is 5. The lowest BCUT2D eigenvalue weighted by atomic mass is 10.3. The number of hydrogen-bond acceptors (Lipinski definition) is 20. The summed E-state index contributed by atoms with van der Waals surface area (Å²) in [5.74, 6) is 3.33. The maximum Gasteiger partial charge on any atom is 0.328 e. The Morgan fingerprint density at radius 1 is 0.444 bits per heavy atom. The maximum absolute atomic E-state index is 13.4. The summed E-state index contributed by atoms with van der Waals surface area (Å²) in [6.07, 6.45) is 9.54. The molecule has 90 heavy (non-hydrogen) atoms. The van der Waals surface area contributed by atoms with Crippen LogP contribution in [0.15, 0.2) is 104 Å². The molecule has 30 nitrogen and oxygen atoms in total. The van der Waals surface area contributed by atoms with Gasteiger partial charge in [0.2, 0.25) is 29.5 Å². The van der Waals surface area contributed by atoms with E-state index in [0.29, 0.717) is 89.5 Å². The molecule has 0 atom stereocenters. The molecular formula is C55H75N15O15S5. The molecule has 35 heteroatoms. The molecule has 0 saturated carbocycles. The Balaban J connectivity index is 0.000000385. The molecule has 0 aromatic carbocycles. The number of H-pyrrole nitrogens is 5. The second kappa shape index (κ2) is 37.2. The minimum Gasteiger partial charge on any atom is -0.340 e. The molecule has 0 unspecified atom stereocenters. The van der Waals surface area contributed by atoms with Gasteiger partial charge in [0.1, 0.15) is 32.7 Å². The first-order chi connectivity index (χ1) is 42.7. The quantitative estimate of drug-likeness (QED) is 0.0206. The predicted octanol–water partition coefficient (Wildman–Crippen LogP) is -2.24. The molecule has 490 valence electrons. The van der Waals surface area contributed by atoms with Crippen LogP contribution < -0.4 is 56.2 Å². The molecule has 5 N–H and O–H groups in total. The minimum atomic E-state index is -0.704. The van der Waals surface area contributed by atoms with Gasteiger partial charge in [-0.15, -0.1) is 0 Å². The fourth-order valence-electron chi connectivity index (χ4n) is 8.18. The number of aryl methyl sites for hydroxylation is 5. The van der Waals surface area contributed by atoms with Crippen LogP contribution in [0, 0.1) is 34.6 Å². The third-order valence-electron chi connectivity index (χ3n) is 13.3. The SMILES string of the molecule is C=CN(CCS)C(=O)Cn1cc(C)c(=O)[nH]c1=O.C=CN(CCSCCN(CCSCCN(CCS)C(=O)Cn1cc(C)c(=O)[nH]c1=O)C(=O)Cn1cc(C)c(=O)[nH]c1=O)C(=O)Cn1cc(C)c(=O)[nH]c1=O.Cc1cn(CC(=O)N2CCSCC2)c(=O)[nH]c1=O. The number of rotatable bonds is 28. The number of thiol groups is 2. The van der Waals surface area contributed by atoms with Gasteiger partial charge in [-0.05, 0) is 47.0 Å². The summed E-state index contributed by atoms with van der Waals surface area (Å²) in [6.45, 7) is 17.5. The van der Waals surface area contributed by atoms with Gasteiger partial charge in [0.25, 0.3) is 27.8 Å². The Kier molecular flexibility index (Phi) is 30.8. The van der Waals surface area contributed by atoms with Crippen LogP contribution in [-0.2, 0) is 56.7 Å². The summed E-state index contributed by atoms with van der Waals surface area (Å²) in [4.78, 5) is 199. The Morgan fingerprint density at radius 2 is 0.722 bits per heavy atom. The molecule has 0 bridgehead atoms. The van der Waals surface area contributed by atoms with Gasteiger partial charge in [-0.25, -0.2) is 24.0 Å². The molecular weight excluding hydrogens is 1270 g/mol. The Hall–Kier alpha value is -8.02. The second-order valence-electron chi connectivity index (χ2n) is 20.0. The molecule has 5 aromatic rings. The highest BCUT2D eigenvalue weighted by Gasteiger charge is 2.21. The molecule has 5 amide bonds. The normalized spacial score (nSPS) is 11.7. The maximum atomic E-state index is 13.4. The average Bonchev–Trinajstić information content (AvgIpc) is 2.27. The third kappa shape index (κ3) is 23.4. The molecule has 1 aliphatic heterocycles. The zero-order valence-electron chi connectivity index (χ0n) is 50.5. The van der Waals surface area contributed by atoms with Crippen molar-refractivity contribution in [2.75, 3.05) is 98.4 Å². The van der Waals surface area contributed by atoms with Crippen LogP contribution in [0.3, 0.4) is 0 Å². The Labute approximate surface area is 537 Å². The molecule has 1 saturated heterocycles. The summed E-state index contributed by atoms with van der Waals surface area (Å²) in [7, 11) is 0. The van der Waals surface area contributed by atoms with Crippen LogP contribution in [0.4, 0.5) is 0 Å². The van der Waals surface area contributed by atoms with E-state index in [1.54, 1.807) is 35.5 Å². The molecule has 1 aliphatic rings. The van der Waals surface area contributed by atoms with E-state index in [4.69, 9.17) is 0 Å². The van der Waals surface area contributed by atoms with Crippen molar-refractivity contribution >= 4 is 90.1 Å². The number of carbonyl (C=O) groups is 5. The predicted molar refractivity (Wildman–Crippen MR) is 354 cm³/mol. The monoisotopic (exact) mass is 1350 g/mol. The van der Waals surface area contributed by atoms with Crippen LogP contribution in [0.2, 0.25) is 0 Å². The van der Waals surface area contributed by atoms with E-state index in [2.05, 4.69) is 63.3 Å². The van der Waals surface area contributed by atoms with E-state index in [0.717, 1.165) is 42.9 Å². The zero-order valence-corrected chi connectivity index (χ0v) is 54.8. The third-order valence-corrected chi connectivity index (χ3v) is 16.6. The van der Waals surface area contributed by atoms with Crippen LogP contribution in [0.25, 0.3) is 0 Å². The van der Waals surface area contributed by atoms with E-state index in [9.17, 15) is 71.9 Å². The van der Waals surface area contributed by atoms with Gasteiger partial charge < -0.3 is 24.5 Å². The van der Waals surface area contributed by atoms with E-state index in [-0.39, 0.29) is 68.5 Å². The van der Waals surface area contributed by atoms with E-state index in [1.165, 1.54) is 95.1 Å². The van der Waals surface area contributed by atoms with Crippen molar-refractivity contribution in [2.45, 2.75) is 67.3 Å². The van der Waals surface area contributed by atoms with Gasteiger partial charge in [0.05, 0.1) is 0 Å². The minimum absolute atomic E-state index is 0.0128. The molecule has 0 spiro atoms. The van der Waals surface area contributed by atoms with Crippen LogP contribution in [-0.4, -0.2) is 200 Å². The van der Waals surface area contributed by atoms with Gasteiger partial charge in [0.15, 0.2) is 0 Å². The zero-order chi connectivity index (χ0) is 66.8. The molecule has 6 rings (SSSR count). The summed E-state index contributed by atoms with van der Waals surface area (Å²) in [6, 6.07) is 0. The summed E-state index contributed by atoms with van der Waals surface area (Å²) in [5.41, 5.74) is -3.96. The first-order valence-electron chi connectivity index (χ1n) is 27.9. The molecule has 0 radical (unpaired) electrons. The number of nitrogens with zero attached hydrogens (tertiary/aromatic N) is 10. The lowest BCUT2D eigenvalue weighted by Crippen LogP contribution is -2.42. The van der Waals surface area contributed by atoms with E-state index >= 15 is 0 Å². The van der Waals surface area contributed by atoms with Gasteiger partial charge in [-0.3, -0.25) is 95.7 Å². The standard InChI is InChI=1S/C33H45N9O9S3.2C11H15N3O3S/c1-5-37(25(43)19-40-16-22(2)28(46)34-31(40)49)7-12-53-14-9-39(27(45)21-42-18-24(4)30(48)36-33(42)51)10-15-54-13-8-38(6-11-52)26(44)20-41-17-23(3)29(47)35-32(41)50;1-8-6-14(11(17)12-10(8)16)7-9(15)13-2-4-18-5-3-13;1-3-13(4-5-18)9(15)7-14-6-8(2)10(16)12-11(14)17/h5,16-18,52H,1,6-15,19-21H2,2-4H3,(H,34,46,49)(H,35,47,50)(H,36,48,51);6H,2-5,7H2,1H3,(H,12,16,17);3,6,18H,1,4-5,7H2,2H3,(H,12,16,17). The van der Waals surface area contributed by atoms with Gasteiger partial charge in [0, 0.05) is 157 Å². The fraction of sp³-hybridized carbons (Fsp3) is 0.473. The number of nitrogens with one attached hydrogen (secondary N) is 5. The number of hydrogen-bond donors (Lipinski definition) is 7. The Morgan fingerprint density at radius 3 is 1.03 bits per heavy atom. The second-order valence-corrected chi connectivity index (χ2v) is 24.5. The number of aromatic amines is 5. The molecule has 6 heterocycles. The summed E-state index contributed by atoms with van der Waals surface area (Å²) >= 11 is 13.1. The topological polar surface area (TPSA) is 376 Å². The summed E-state index contributed by atoms with van der Waals surface area (Å²) in [5, 5.41) is 0. The highest BCUT2D eigenvalue weighted by atomic mass is 32.2. The van der Waals surface area contributed by atoms with Crippen molar-refractivity contribution in [3.05, 3.63) is 189 Å². The van der Waals surface area contributed by atoms with Crippen LogP contribution in [0.1, 0.15) is 27.8 Å². The van der Waals surface area contributed by atoms with Crippen LogP contribution in [0.5, 0.6) is 0 Å². The largest absolute Gasteiger partial charge is 0.340 e. The molecule has 0 aliphatic carbocycles. The first-order valence-corrected chi connectivity index (χ1v) is 32.6. The lowest BCUT2D eigenvalue weighted by Gasteiger charge is -2.26. The fourth-order valence-corrected chi connectivity index (χ4v) is 11.3. The van der Waals surface area contributed by atoms with Gasteiger partial charge >= 0.3 is 28.4 Å². The van der Waals surface area contributed by atoms with Crippen molar-refractivity contribution in [3.63, 3.8) is 0 Å². The van der Waals surface area contributed by atoms with Crippen molar-refractivity contribution in [1.82, 2.24) is 72.3 Å². The number of thioether (sulfide) groups is 3. The Bertz CT molecular complexity index is 3990. The number of aromatic nitrogens is 10. The highest BCUT2D eigenvalue weighted by Crippen LogP contribution is 2.11. The van der Waals surface area contributed by atoms with Gasteiger partial charge in [-0.2, -0.15) is 60.5 Å². The van der Waals surface area contributed by atoms with Gasteiger partial charge in [-0.1, -0.05) is 13.2 Å². The van der Waals surface area contributed by atoms with Crippen molar-refractivity contribution in [2.24, 2.45) is 0 Å². The van der Waals surface area contributed by atoms with E-state index < -0.39 is 62.2 Å². The first kappa shape index (κ1) is 74.4. The lowest BCUT2D eigenvalue weighted by molar-refractivity contribution is -0.132.